The predicted molar refractivity (Wildman–Crippen MR) is 96.5 cm³/mol. The molecule has 4 rings (SSSR count). The summed E-state index contributed by atoms with van der Waals surface area (Å²) in [5, 5.41) is 3.73. The Balaban J connectivity index is 1.51. The standard InChI is InChI=1S/C18H18N6O2/c25-18(12-24-3-5-26-6-4-24)23-17-8-13-7-14(9-21-16(13)11-22-17)15-10-19-1-2-20-15/h1-2,7-11H,3-6,12H2,(H,22,23,25). The number of nitrogens with zero attached hydrogens (tertiary/aromatic N) is 5. The van der Waals surface area contributed by atoms with E-state index in [0.29, 0.717) is 25.6 Å². The van der Waals surface area contributed by atoms with E-state index in [0.717, 1.165) is 35.2 Å². The van der Waals surface area contributed by atoms with Gasteiger partial charge in [0, 0.05) is 42.6 Å². The molecule has 0 bridgehead atoms. The number of hydrogen-bond donors (Lipinski definition) is 1. The molecule has 1 saturated heterocycles. The average molecular weight is 350 g/mol. The zero-order valence-electron chi connectivity index (χ0n) is 14.1. The topological polar surface area (TPSA) is 93.1 Å². The molecule has 1 fully saturated rings. The summed E-state index contributed by atoms with van der Waals surface area (Å²) in [6, 6.07) is 3.78. The quantitative estimate of drug-likeness (QED) is 0.759. The lowest BCUT2D eigenvalue weighted by Crippen LogP contribution is -2.41. The van der Waals surface area contributed by atoms with Crippen molar-refractivity contribution in [3.63, 3.8) is 0 Å². The van der Waals surface area contributed by atoms with Gasteiger partial charge in [0.2, 0.25) is 5.91 Å². The summed E-state index contributed by atoms with van der Waals surface area (Å²) in [7, 11) is 0. The van der Waals surface area contributed by atoms with Crippen LogP contribution in [0.5, 0.6) is 0 Å². The first-order valence-corrected chi connectivity index (χ1v) is 8.40. The van der Waals surface area contributed by atoms with Crippen LogP contribution in [0, 0.1) is 0 Å². The van der Waals surface area contributed by atoms with E-state index in [2.05, 4.69) is 30.2 Å². The predicted octanol–water partition coefficient (Wildman–Crippen LogP) is 1.36. The monoisotopic (exact) mass is 350 g/mol. The second-order valence-corrected chi connectivity index (χ2v) is 6.01. The number of fused-ring (bicyclic) bond motifs is 1. The van der Waals surface area contributed by atoms with Crippen molar-refractivity contribution in [1.82, 2.24) is 24.8 Å². The van der Waals surface area contributed by atoms with Crippen molar-refractivity contribution in [2.24, 2.45) is 0 Å². The van der Waals surface area contributed by atoms with Crippen LogP contribution in [0.4, 0.5) is 5.82 Å². The molecular formula is C18H18N6O2. The molecule has 0 aliphatic carbocycles. The highest BCUT2D eigenvalue weighted by Crippen LogP contribution is 2.21. The fraction of sp³-hybridized carbons (Fsp3) is 0.278. The van der Waals surface area contributed by atoms with Gasteiger partial charge in [0.05, 0.1) is 43.4 Å². The number of aromatic nitrogens is 4. The van der Waals surface area contributed by atoms with E-state index in [4.69, 9.17) is 4.74 Å². The molecule has 3 aromatic heterocycles. The molecule has 4 heterocycles. The second-order valence-electron chi connectivity index (χ2n) is 6.01. The Labute approximate surface area is 150 Å². The highest BCUT2D eigenvalue weighted by Gasteiger charge is 2.14. The minimum atomic E-state index is -0.0863. The minimum absolute atomic E-state index is 0.0863. The van der Waals surface area contributed by atoms with Gasteiger partial charge in [0.15, 0.2) is 0 Å². The van der Waals surface area contributed by atoms with Crippen LogP contribution in [0.1, 0.15) is 0 Å². The Morgan fingerprint density at radius 2 is 1.96 bits per heavy atom. The zero-order valence-corrected chi connectivity index (χ0v) is 14.1. The molecule has 1 amide bonds. The van der Waals surface area contributed by atoms with Gasteiger partial charge in [-0.1, -0.05) is 0 Å². The lowest BCUT2D eigenvalue weighted by atomic mass is 10.1. The molecule has 8 nitrogen and oxygen atoms in total. The lowest BCUT2D eigenvalue weighted by Gasteiger charge is -2.25. The van der Waals surface area contributed by atoms with Crippen LogP contribution >= 0.6 is 0 Å². The van der Waals surface area contributed by atoms with E-state index in [1.807, 2.05) is 12.1 Å². The van der Waals surface area contributed by atoms with Crippen molar-refractivity contribution < 1.29 is 9.53 Å². The molecule has 1 aliphatic rings. The van der Waals surface area contributed by atoms with Crippen molar-refractivity contribution in [2.75, 3.05) is 38.2 Å². The van der Waals surface area contributed by atoms with Gasteiger partial charge in [0.1, 0.15) is 5.82 Å². The molecule has 0 spiro atoms. The third kappa shape index (κ3) is 3.81. The Hall–Kier alpha value is -2.97. The number of amides is 1. The van der Waals surface area contributed by atoms with E-state index in [1.165, 1.54) is 0 Å². The van der Waals surface area contributed by atoms with Crippen molar-refractivity contribution in [3.8, 4) is 11.3 Å². The van der Waals surface area contributed by atoms with Crippen LogP contribution in [0.15, 0.2) is 43.1 Å². The highest BCUT2D eigenvalue weighted by atomic mass is 16.5. The maximum absolute atomic E-state index is 12.2. The SMILES string of the molecule is O=C(CN1CCOCC1)Nc1cc2cc(-c3cnccn3)cnc2cn1. The van der Waals surface area contributed by atoms with E-state index < -0.39 is 0 Å². The summed E-state index contributed by atoms with van der Waals surface area (Å²) in [5.41, 5.74) is 2.36. The van der Waals surface area contributed by atoms with Gasteiger partial charge in [-0.3, -0.25) is 24.6 Å². The van der Waals surface area contributed by atoms with Crippen LogP contribution in [0.3, 0.4) is 0 Å². The largest absolute Gasteiger partial charge is 0.379 e. The molecule has 0 aromatic carbocycles. The summed E-state index contributed by atoms with van der Waals surface area (Å²) in [5.74, 6) is 0.422. The number of carbonyl (C=O) groups excluding carboxylic acids is 1. The minimum Gasteiger partial charge on any atom is -0.379 e. The molecule has 0 atom stereocenters. The van der Waals surface area contributed by atoms with Gasteiger partial charge >= 0.3 is 0 Å². The fourth-order valence-corrected chi connectivity index (χ4v) is 2.83. The molecule has 1 N–H and O–H groups in total. The Bertz CT molecular complexity index is 912. The average Bonchev–Trinajstić information content (AvgIpc) is 2.69. The van der Waals surface area contributed by atoms with Crippen LogP contribution < -0.4 is 5.32 Å². The molecule has 8 heteroatoms. The maximum Gasteiger partial charge on any atom is 0.239 e. The maximum atomic E-state index is 12.2. The molecule has 132 valence electrons. The van der Waals surface area contributed by atoms with Crippen molar-refractivity contribution in [1.29, 1.82) is 0 Å². The second kappa shape index (κ2) is 7.51. The zero-order chi connectivity index (χ0) is 17.8. The van der Waals surface area contributed by atoms with Gasteiger partial charge in [0.25, 0.3) is 0 Å². The Kier molecular flexibility index (Phi) is 4.76. The van der Waals surface area contributed by atoms with Gasteiger partial charge in [-0.15, -0.1) is 0 Å². The van der Waals surface area contributed by atoms with E-state index in [9.17, 15) is 4.79 Å². The van der Waals surface area contributed by atoms with Crippen LogP contribution in [-0.4, -0.2) is 63.6 Å². The molecule has 0 saturated carbocycles. The molecule has 0 radical (unpaired) electrons. The lowest BCUT2D eigenvalue weighted by molar-refractivity contribution is -0.118. The third-order valence-electron chi connectivity index (χ3n) is 4.16. The van der Waals surface area contributed by atoms with E-state index in [-0.39, 0.29) is 5.91 Å². The number of morpholine rings is 1. The van der Waals surface area contributed by atoms with Gasteiger partial charge in [-0.05, 0) is 12.1 Å². The first kappa shape index (κ1) is 16.5. The molecule has 26 heavy (non-hydrogen) atoms. The van der Waals surface area contributed by atoms with Gasteiger partial charge < -0.3 is 10.1 Å². The molecule has 1 aliphatic heterocycles. The highest BCUT2D eigenvalue weighted by molar-refractivity contribution is 5.93. The summed E-state index contributed by atoms with van der Waals surface area (Å²) in [4.78, 5) is 31.4. The molecule has 0 unspecified atom stereocenters. The van der Waals surface area contributed by atoms with Crippen LogP contribution in [0.25, 0.3) is 22.2 Å². The molecular weight excluding hydrogens is 332 g/mol. The van der Waals surface area contributed by atoms with Gasteiger partial charge in [-0.2, -0.15) is 0 Å². The third-order valence-corrected chi connectivity index (χ3v) is 4.16. The van der Waals surface area contributed by atoms with Crippen molar-refractivity contribution >= 4 is 22.6 Å². The number of pyridine rings is 2. The number of nitrogens with one attached hydrogen (secondary N) is 1. The normalized spacial score (nSPS) is 15.1. The number of rotatable bonds is 4. The van der Waals surface area contributed by atoms with Crippen molar-refractivity contribution in [3.05, 3.63) is 43.1 Å². The number of anilines is 1. The van der Waals surface area contributed by atoms with E-state index >= 15 is 0 Å². The van der Waals surface area contributed by atoms with Crippen LogP contribution in [0.2, 0.25) is 0 Å². The number of hydrogen-bond acceptors (Lipinski definition) is 7. The smallest absolute Gasteiger partial charge is 0.239 e. The number of ether oxygens (including phenoxy) is 1. The van der Waals surface area contributed by atoms with E-state index in [1.54, 1.807) is 31.0 Å². The summed E-state index contributed by atoms with van der Waals surface area (Å²) < 4.78 is 5.29. The van der Waals surface area contributed by atoms with Gasteiger partial charge in [-0.25, -0.2) is 4.98 Å². The summed E-state index contributed by atoms with van der Waals surface area (Å²) in [6.07, 6.45) is 8.35. The van der Waals surface area contributed by atoms with Crippen LogP contribution in [-0.2, 0) is 9.53 Å². The Morgan fingerprint density at radius 3 is 2.77 bits per heavy atom. The first-order valence-electron chi connectivity index (χ1n) is 8.40. The number of carbonyl (C=O) groups is 1. The first-order chi connectivity index (χ1) is 12.8. The molecule has 3 aromatic rings. The summed E-state index contributed by atoms with van der Waals surface area (Å²) >= 11 is 0. The fourth-order valence-electron chi connectivity index (χ4n) is 2.83. The Morgan fingerprint density at radius 1 is 1.08 bits per heavy atom. The summed E-state index contributed by atoms with van der Waals surface area (Å²) in [6.45, 7) is 3.20. The van der Waals surface area contributed by atoms with Crippen molar-refractivity contribution in [2.45, 2.75) is 0 Å².